The van der Waals surface area contributed by atoms with E-state index >= 15 is 0 Å². The Kier molecular flexibility index (Phi) is 10.5. The van der Waals surface area contributed by atoms with Crippen LogP contribution in [0, 0.1) is 31.1 Å². The van der Waals surface area contributed by atoms with Crippen LogP contribution in [0.15, 0.2) is 194 Å². The molecule has 22 aliphatic rings. The zero-order chi connectivity index (χ0) is 42.9. The van der Waals surface area contributed by atoms with Gasteiger partial charge in [-0.05, 0) is 144 Å². The van der Waals surface area contributed by atoms with Gasteiger partial charge in [0.05, 0.1) is 0 Å². The Balaban J connectivity index is 1.07. The summed E-state index contributed by atoms with van der Waals surface area (Å²) in [5.41, 5.74) is 25.4. The van der Waals surface area contributed by atoms with E-state index in [0.29, 0.717) is 0 Å². The summed E-state index contributed by atoms with van der Waals surface area (Å²) in [6.07, 6.45) is 8.05. The normalized spacial score (nSPS) is 11.1. The van der Waals surface area contributed by atoms with Gasteiger partial charge >= 0.3 is 0 Å². The van der Waals surface area contributed by atoms with Crippen LogP contribution in [0.5, 0.6) is 0 Å². The Labute approximate surface area is 372 Å². The van der Waals surface area contributed by atoms with Crippen LogP contribution in [0.25, 0.3) is 89.0 Å². The molecule has 0 saturated carbocycles. The highest BCUT2D eigenvalue weighted by Gasteiger charge is 2.12. The summed E-state index contributed by atoms with van der Waals surface area (Å²) < 4.78 is 0. The van der Waals surface area contributed by atoms with Crippen molar-refractivity contribution >= 4 is 0 Å². The van der Waals surface area contributed by atoms with Gasteiger partial charge < -0.3 is 0 Å². The minimum absolute atomic E-state index is 0.884. The van der Waals surface area contributed by atoms with Crippen LogP contribution in [0.1, 0.15) is 47.2 Å². The fourth-order valence-corrected chi connectivity index (χ4v) is 9.02. The Bertz CT molecular complexity index is 3230. The highest BCUT2D eigenvalue weighted by molar-refractivity contribution is 5.82. The molecule has 9 aromatic rings. The highest BCUT2D eigenvalue weighted by atomic mass is 14.2. The largest absolute Gasteiger partial charge is 0.115 e. The van der Waals surface area contributed by atoms with Crippen LogP contribution in [0.2, 0.25) is 0 Å². The molecule has 0 spiro atoms. The maximum atomic E-state index is 6.11. The van der Waals surface area contributed by atoms with Crippen LogP contribution in [0.4, 0.5) is 0 Å². The summed E-state index contributed by atoms with van der Waals surface area (Å²) in [6.45, 7) is 6.65. The average molecular weight is 803 g/mol. The minimum Gasteiger partial charge on any atom is -0.115 e. The predicted molar refractivity (Wildman–Crippen MR) is 267 cm³/mol. The van der Waals surface area contributed by atoms with E-state index in [1.54, 1.807) is 0 Å². The third-order valence-electron chi connectivity index (χ3n) is 12.8. The van der Waals surface area contributed by atoms with Crippen molar-refractivity contribution in [2.45, 2.75) is 33.6 Å². The van der Waals surface area contributed by atoms with E-state index in [2.05, 4.69) is 233 Å². The zero-order valence-corrected chi connectivity index (χ0v) is 36.0. The second kappa shape index (κ2) is 16.9. The minimum atomic E-state index is 0.884. The molecule has 0 aliphatic heterocycles. The lowest BCUT2D eigenvalue weighted by Gasteiger charge is -2.12. The summed E-state index contributed by atoms with van der Waals surface area (Å²) in [5.74, 6) is 10.3. The lowest BCUT2D eigenvalue weighted by Crippen LogP contribution is -1.95. The van der Waals surface area contributed by atoms with Gasteiger partial charge in [-0.1, -0.05) is 208 Å². The van der Waals surface area contributed by atoms with Crippen LogP contribution in [-0.4, -0.2) is 0 Å². The fourth-order valence-electron chi connectivity index (χ4n) is 9.02. The molecular formula is C63H46. The van der Waals surface area contributed by atoms with Crippen LogP contribution in [0.3, 0.4) is 0 Å². The van der Waals surface area contributed by atoms with Crippen LogP contribution in [-0.2, 0) is 12.8 Å². The number of terminal acetylenes is 1. The van der Waals surface area contributed by atoms with E-state index in [-0.39, 0.29) is 0 Å². The molecule has 0 fully saturated rings. The molecule has 0 heterocycles. The smallest absolute Gasteiger partial charge is 0.0333 e. The topological polar surface area (TPSA) is 0 Å². The molecule has 0 unspecified atom stereocenters. The van der Waals surface area contributed by atoms with Crippen molar-refractivity contribution < 1.29 is 0 Å². The Hall–Kier alpha value is -7.90. The summed E-state index contributed by atoms with van der Waals surface area (Å²) >= 11 is 0. The van der Waals surface area contributed by atoms with E-state index in [1.165, 1.54) is 55.6 Å². The van der Waals surface area contributed by atoms with Gasteiger partial charge in [0.2, 0.25) is 0 Å². The second-order valence-electron chi connectivity index (χ2n) is 16.5. The third-order valence-corrected chi connectivity index (χ3v) is 12.8. The molecule has 63 heavy (non-hydrogen) atoms. The monoisotopic (exact) mass is 802 g/mol. The van der Waals surface area contributed by atoms with Crippen molar-refractivity contribution in [1.82, 2.24) is 0 Å². The summed E-state index contributed by atoms with van der Waals surface area (Å²) in [7, 11) is 0. The van der Waals surface area contributed by atoms with E-state index in [1.807, 2.05) is 0 Å². The lowest BCUT2D eigenvalue weighted by atomic mass is 9.92. The maximum Gasteiger partial charge on any atom is 0.0333 e. The first kappa shape index (κ1) is 39.2. The van der Waals surface area contributed by atoms with Crippen molar-refractivity contribution in [3.8, 4) is 113 Å². The number of benzene rings is 9. The molecule has 22 aliphatic carbocycles. The summed E-state index contributed by atoms with van der Waals surface area (Å²) in [4.78, 5) is 0. The molecular weight excluding hydrogens is 757 g/mol. The third kappa shape index (κ3) is 7.81. The van der Waals surface area contributed by atoms with Gasteiger partial charge in [0.25, 0.3) is 0 Å². The number of hydrogen-bond donors (Lipinski definition) is 0. The molecule has 0 aromatic heterocycles. The molecule has 0 heteroatoms. The molecule has 9 aromatic carbocycles. The molecule has 0 amide bonds. The highest BCUT2D eigenvalue weighted by Crippen LogP contribution is 2.35. The molecule has 0 atom stereocenters. The number of aryl methyl sites for hydroxylation is 3. The number of hydrogen-bond acceptors (Lipinski definition) is 0. The second-order valence-corrected chi connectivity index (χ2v) is 16.5. The van der Waals surface area contributed by atoms with Crippen molar-refractivity contribution in [1.29, 1.82) is 0 Å². The Morgan fingerprint density at radius 3 is 0.937 bits per heavy atom. The van der Waals surface area contributed by atoms with Gasteiger partial charge in [0.15, 0.2) is 0 Å². The maximum absolute atomic E-state index is 6.11. The first-order valence-corrected chi connectivity index (χ1v) is 22.0. The predicted octanol–water partition coefficient (Wildman–Crippen LogP) is 16.2. The first-order chi connectivity index (χ1) is 30.9. The molecule has 0 nitrogen and oxygen atoms in total. The Morgan fingerprint density at radius 2 is 0.587 bits per heavy atom. The van der Waals surface area contributed by atoms with Gasteiger partial charge in [-0.25, -0.2) is 0 Å². The average Bonchev–Trinajstić information content (AvgIpc) is 3.35. The first-order valence-electron chi connectivity index (χ1n) is 22.0. The van der Waals surface area contributed by atoms with Gasteiger partial charge in [0, 0.05) is 16.7 Å². The zero-order valence-electron chi connectivity index (χ0n) is 36.0. The molecule has 31 rings (SSSR count). The summed E-state index contributed by atoms with van der Waals surface area (Å²) in [5, 5.41) is 0. The molecule has 0 N–H and O–H groups in total. The molecule has 298 valence electrons. The van der Waals surface area contributed by atoms with E-state index in [9.17, 15) is 0 Å². The van der Waals surface area contributed by atoms with Crippen molar-refractivity contribution in [3.63, 3.8) is 0 Å². The van der Waals surface area contributed by atoms with Crippen molar-refractivity contribution in [2.75, 3.05) is 0 Å². The van der Waals surface area contributed by atoms with Gasteiger partial charge in [0.1, 0.15) is 0 Å². The van der Waals surface area contributed by atoms with E-state index < -0.39 is 0 Å². The van der Waals surface area contributed by atoms with E-state index in [0.717, 1.165) is 79.6 Å². The number of rotatable bonds is 2. The van der Waals surface area contributed by atoms with Crippen LogP contribution < -0.4 is 0 Å². The van der Waals surface area contributed by atoms with E-state index in [4.69, 9.17) is 6.42 Å². The molecule has 0 radical (unpaired) electrons. The molecule has 16 bridgehead atoms. The quantitative estimate of drug-likeness (QED) is 0.153. The fraction of sp³-hybridized carbons (Fsp3) is 0.0794. The van der Waals surface area contributed by atoms with Gasteiger partial charge in [-0.3, -0.25) is 0 Å². The lowest BCUT2D eigenvalue weighted by molar-refractivity contribution is 1.07. The van der Waals surface area contributed by atoms with Crippen molar-refractivity contribution in [3.05, 3.63) is 228 Å². The Morgan fingerprint density at radius 1 is 0.302 bits per heavy atom. The van der Waals surface area contributed by atoms with Crippen LogP contribution >= 0.6 is 0 Å². The SMILES string of the molecule is C#Cc1cc2ccc1-c1ccc(cc1)-c1ccc(cc1)-c1ccc(cc1)-c1ccc(c(C#Cc3cc(CC)c(C)cc3CC)c1)-c1ccc(cc1)-c1ccc(cc1)-c1ccc-2cc1. The van der Waals surface area contributed by atoms with Gasteiger partial charge in [-0.2, -0.15) is 0 Å². The molecule has 0 saturated heterocycles. The van der Waals surface area contributed by atoms with Crippen molar-refractivity contribution in [2.24, 2.45) is 0 Å². The standard InChI is InChI=1S/C63H46/c1-5-43-39-58(44(6-2)38-42(43)4)32-33-61-41-60-35-37-63(61)57-30-26-53(27-31-57)49-14-10-46(11-15-49)50-16-20-54(21-17-50)59-34-36-62(45(7-3)40-59)56-28-24-52(25-29-56)48-12-8-47(9-13-48)51-18-22-55(60)23-19-51/h3,8-31,34-41H,5-6H2,1-2,4H3. The van der Waals surface area contributed by atoms with Gasteiger partial charge in [-0.15, -0.1) is 6.42 Å². The summed E-state index contributed by atoms with van der Waals surface area (Å²) in [6, 6.07) is 70.8.